The Hall–Kier alpha value is -0.710. The molecule has 1 atom stereocenters. The van der Waals surface area contributed by atoms with E-state index < -0.39 is 0 Å². The molecule has 3 nitrogen and oxygen atoms in total. The fourth-order valence-corrected chi connectivity index (χ4v) is 4.41. The summed E-state index contributed by atoms with van der Waals surface area (Å²) in [6.45, 7) is 4.62. The molecule has 3 rings (SSSR count). The first-order valence-electron chi connectivity index (χ1n) is 8.06. The Morgan fingerprint density at radius 1 is 1.23 bits per heavy atom. The standard InChI is InChI=1S/C17H23ClN2OS/c18-16-6-2-1-4-14(16)12-19-7-3-5-15(13-19)17(21)20-8-10-22-11-9-20/h1-2,4,6,15H,3,5,7-13H2. The first-order valence-corrected chi connectivity index (χ1v) is 9.59. The normalized spacial score (nSPS) is 23.5. The molecule has 0 radical (unpaired) electrons. The summed E-state index contributed by atoms with van der Waals surface area (Å²) in [7, 11) is 0. The maximum atomic E-state index is 12.7. The maximum Gasteiger partial charge on any atom is 0.227 e. The van der Waals surface area contributed by atoms with Crippen LogP contribution < -0.4 is 0 Å². The monoisotopic (exact) mass is 338 g/mol. The Kier molecular flexibility index (Phi) is 5.66. The van der Waals surface area contributed by atoms with Crippen LogP contribution >= 0.6 is 23.4 Å². The summed E-state index contributed by atoms with van der Waals surface area (Å²) in [6, 6.07) is 8.01. The number of amides is 1. The first-order chi connectivity index (χ1) is 10.7. The molecule has 0 spiro atoms. The molecular weight excluding hydrogens is 316 g/mol. The van der Waals surface area contributed by atoms with Gasteiger partial charge in [0.1, 0.15) is 0 Å². The van der Waals surface area contributed by atoms with Crippen LogP contribution in [-0.2, 0) is 11.3 Å². The lowest BCUT2D eigenvalue weighted by Crippen LogP contribution is -2.47. The number of hydrogen-bond acceptors (Lipinski definition) is 3. The average Bonchev–Trinajstić information content (AvgIpc) is 2.57. The number of nitrogens with zero attached hydrogens (tertiary/aromatic N) is 2. The molecule has 1 unspecified atom stereocenters. The molecule has 2 fully saturated rings. The quantitative estimate of drug-likeness (QED) is 0.846. The van der Waals surface area contributed by atoms with E-state index in [1.165, 1.54) is 0 Å². The molecule has 2 aliphatic rings. The molecule has 0 aliphatic carbocycles. The second kappa shape index (κ2) is 7.71. The van der Waals surface area contributed by atoms with Crippen LogP contribution in [0.2, 0.25) is 5.02 Å². The van der Waals surface area contributed by atoms with Crippen LogP contribution in [0.4, 0.5) is 0 Å². The van der Waals surface area contributed by atoms with E-state index >= 15 is 0 Å². The van der Waals surface area contributed by atoms with Crippen molar-refractivity contribution in [1.82, 2.24) is 9.80 Å². The van der Waals surface area contributed by atoms with Crippen molar-refractivity contribution in [1.29, 1.82) is 0 Å². The van der Waals surface area contributed by atoms with Gasteiger partial charge in [0.15, 0.2) is 0 Å². The molecule has 0 saturated carbocycles. The van der Waals surface area contributed by atoms with Crippen molar-refractivity contribution in [2.75, 3.05) is 37.7 Å². The number of piperidine rings is 1. The highest BCUT2D eigenvalue weighted by molar-refractivity contribution is 7.99. The largest absolute Gasteiger partial charge is 0.341 e. The second-order valence-electron chi connectivity index (χ2n) is 6.10. The van der Waals surface area contributed by atoms with Crippen LogP contribution in [0.5, 0.6) is 0 Å². The van der Waals surface area contributed by atoms with Crippen molar-refractivity contribution in [3.05, 3.63) is 34.9 Å². The minimum atomic E-state index is 0.166. The van der Waals surface area contributed by atoms with Gasteiger partial charge in [0, 0.05) is 42.7 Å². The van der Waals surface area contributed by atoms with Crippen LogP contribution in [0, 0.1) is 5.92 Å². The maximum absolute atomic E-state index is 12.7. The predicted octanol–water partition coefficient (Wildman–Crippen LogP) is 3.13. The van der Waals surface area contributed by atoms with Gasteiger partial charge in [-0.25, -0.2) is 0 Å². The molecule has 2 aliphatic heterocycles. The summed E-state index contributed by atoms with van der Waals surface area (Å²) >= 11 is 8.21. The van der Waals surface area contributed by atoms with Gasteiger partial charge in [-0.15, -0.1) is 0 Å². The predicted molar refractivity (Wildman–Crippen MR) is 93.4 cm³/mol. The molecule has 1 amide bonds. The van der Waals surface area contributed by atoms with E-state index in [2.05, 4.69) is 15.9 Å². The third kappa shape index (κ3) is 3.98. The zero-order valence-electron chi connectivity index (χ0n) is 12.8. The number of carbonyl (C=O) groups is 1. The van der Waals surface area contributed by atoms with Gasteiger partial charge in [-0.05, 0) is 31.0 Å². The molecule has 0 N–H and O–H groups in total. The fourth-order valence-electron chi connectivity index (χ4n) is 3.31. The Labute approximate surface area is 142 Å². The number of benzene rings is 1. The minimum absolute atomic E-state index is 0.166. The van der Waals surface area contributed by atoms with Crippen molar-refractivity contribution < 1.29 is 4.79 Å². The van der Waals surface area contributed by atoms with E-state index in [1.54, 1.807) is 0 Å². The highest BCUT2D eigenvalue weighted by Crippen LogP contribution is 2.24. The topological polar surface area (TPSA) is 23.6 Å². The first kappa shape index (κ1) is 16.2. The third-order valence-corrected chi connectivity index (χ3v) is 5.84. The van der Waals surface area contributed by atoms with Crippen LogP contribution in [0.1, 0.15) is 18.4 Å². The number of thioether (sulfide) groups is 1. The van der Waals surface area contributed by atoms with E-state index in [9.17, 15) is 4.79 Å². The molecule has 5 heteroatoms. The van der Waals surface area contributed by atoms with Gasteiger partial charge >= 0.3 is 0 Å². The smallest absolute Gasteiger partial charge is 0.227 e. The molecule has 2 heterocycles. The van der Waals surface area contributed by atoms with Crippen LogP contribution in [0.25, 0.3) is 0 Å². The Morgan fingerprint density at radius 2 is 2.00 bits per heavy atom. The average molecular weight is 339 g/mol. The zero-order valence-corrected chi connectivity index (χ0v) is 14.4. The van der Waals surface area contributed by atoms with Crippen molar-refractivity contribution in [3.63, 3.8) is 0 Å². The van der Waals surface area contributed by atoms with Crippen molar-refractivity contribution in [2.45, 2.75) is 19.4 Å². The summed E-state index contributed by atoms with van der Waals surface area (Å²) in [5.41, 5.74) is 1.16. The van der Waals surface area contributed by atoms with Gasteiger partial charge in [-0.1, -0.05) is 29.8 Å². The van der Waals surface area contributed by atoms with Crippen molar-refractivity contribution >= 4 is 29.3 Å². The van der Waals surface area contributed by atoms with E-state index in [4.69, 9.17) is 11.6 Å². The van der Waals surface area contributed by atoms with Gasteiger partial charge < -0.3 is 4.90 Å². The summed E-state index contributed by atoms with van der Waals surface area (Å²) in [4.78, 5) is 17.1. The highest BCUT2D eigenvalue weighted by atomic mass is 35.5. The van der Waals surface area contributed by atoms with Gasteiger partial charge in [-0.3, -0.25) is 9.69 Å². The molecule has 0 aromatic heterocycles. The van der Waals surface area contributed by atoms with Crippen molar-refractivity contribution in [3.8, 4) is 0 Å². The third-order valence-electron chi connectivity index (χ3n) is 4.53. The Bertz CT molecular complexity index is 519. The van der Waals surface area contributed by atoms with Crippen molar-refractivity contribution in [2.24, 2.45) is 5.92 Å². The van der Waals surface area contributed by atoms with Crippen LogP contribution in [-0.4, -0.2) is 53.4 Å². The molecule has 1 aromatic carbocycles. The van der Waals surface area contributed by atoms with Gasteiger partial charge in [0.2, 0.25) is 5.91 Å². The summed E-state index contributed by atoms with van der Waals surface area (Å²) in [5, 5.41) is 0.823. The summed E-state index contributed by atoms with van der Waals surface area (Å²) in [6.07, 6.45) is 2.13. The number of rotatable bonds is 3. The molecule has 22 heavy (non-hydrogen) atoms. The highest BCUT2D eigenvalue weighted by Gasteiger charge is 2.30. The Balaban J connectivity index is 1.59. The zero-order chi connectivity index (χ0) is 15.4. The lowest BCUT2D eigenvalue weighted by molar-refractivity contribution is -0.137. The van der Waals surface area contributed by atoms with Gasteiger partial charge in [0.05, 0.1) is 5.92 Å². The van der Waals surface area contributed by atoms with Gasteiger partial charge in [0.25, 0.3) is 0 Å². The van der Waals surface area contributed by atoms with Gasteiger partial charge in [-0.2, -0.15) is 11.8 Å². The summed E-state index contributed by atoms with van der Waals surface area (Å²) in [5.74, 6) is 2.70. The molecule has 1 aromatic rings. The number of hydrogen-bond donors (Lipinski definition) is 0. The van der Waals surface area contributed by atoms with Crippen LogP contribution in [0.15, 0.2) is 24.3 Å². The lowest BCUT2D eigenvalue weighted by atomic mass is 9.96. The number of halogens is 1. The second-order valence-corrected chi connectivity index (χ2v) is 7.74. The molecule has 0 bridgehead atoms. The number of likely N-dealkylation sites (tertiary alicyclic amines) is 1. The molecular formula is C17H23ClN2OS. The molecule has 2 saturated heterocycles. The fraction of sp³-hybridized carbons (Fsp3) is 0.588. The minimum Gasteiger partial charge on any atom is -0.341 e. The van der Waals surface area contributed by atoms with E-state index in [1.807, 2.05) is 30.0 Å². The lowest BCUT2D eigenvalue weighted by Gasteiger charge is -2.36. The molecule has 120 valence electrons. The van der Waals surface area contributed by atoms with E-state index in [0.717, 1.165) is 67.7 Å². The summed E-state index contributed by atoms with van der Waals surface area (Å²) < 4.78 is 0. The van der Waals surface area contributed by atoms with E-state index in [0.29, 0.717) is 5.91 Å². The SMILES string of the molecule is O=C(C1CCCN(Cc2ccccc2Cl)C1)N1CCSCC1. The Morgan fingerprint density at radius 3 is 2.77 bits per heavy atom. The number of carbonyl (C=O) groups excluding carboxylic acids is 1. The van der Waals surface area contributed by atoms with E-state index in [-0.39, 0.29) is 5.92 Å². The van der Waals surface area contributed by atoms with Crippen LogP contribution in [0.3, 0.4) is 0 Å².